The van der Waals surface area contributed by atoms with Crippen LogP contribution in [0.4, 0.5) is 0 Å². The van der Waals surface area contributed by atoms with Crippen molar-refractivity contribution in [2.45, 2.75) is 6.92 Å². The molecule has 2 rings (SSSR count). The van der Waals surface area contributed by atoms with Gasteiger partial charge < -0.3 is 9.84 Å². The molecule has 4 heteroatoms. The molecular formula is C17H14O4. The number of carbonyl (C=O) groups excluding carboxylic acids is 2. The Morgan fingerprint density at radius 1 is 1.10 bits per heavy atom. The SMILES string of the molecule is C=C(O)C(=O)Oc1cc(C)ccc1C(=O)c1ccccc1. The van der Waals surface area contributed by atoms with Gasteiger partial charge in [0.15, 0.2) is 11.5 Å². The zero-order valence-electron chi connectivity index (χ0n) is 11.5. The number of aliphatic hydroxyl groups excluding tert-OH is 1. The molecule has 106 valence electrons. The van der Waals surface area contributed by atoms with E-state index in [1.807, 2.05) is 13.0 Å². The fourth-order valence-corrected chi connectivity index (χ4v) is 1.81. The fraction of sp³-hybridized carbons (Fsp3) is 0.0588. The van der Waals surface area contributed by atoms with E-state index in [4.69, 9.17) is 9.84 Å². The summed E-state index contributed by atoms with van der Waals surface area (Å²) in [4.78, 5) is 23.9. The lowest BCUT2D eigenvalue weighted by molar-refractivity contribution is -0.132. The first-order chi connectivity index (χ1) is 9.99. The molecule has 0 fully saturated rings. The molecule has 0 aliphatic carbocycles. The Morgan fingerprint density at radius 2 is 1.76 bits per heavy atom. The van der Waals surface area contributed by atoms with Crippen LogP contribution in [-0.4, -0.2) is 16.9 Å². The molecule has 0 radical (unpaired) electrons. The highest BCUT2D eigenvalue weighted by Crippen LogP contribution is 2.24. The summed E-state index contributed by atoms with van der Waals surface area (Å²) in [5, 5.41) is 9.04. The first kappa shape index (κ1) is 14.5. The van der Waals surface area contributed by atoms with E-state index in [1.54, 1.807) is 42.5 Å². The topological polar surface area (TPSA) is 63.6 Å². The van der Waals surface area contributed by atoms with Gasteiger partial charge in [0.2, 0.25) is 0 Å². The molecule has 0 unspecified atom stereocenters. The number of benzene rings is 2. The molecule has 0 amide bonds. The van der Waals surface area contributed by atoms with Gasteiger partial charge in [0.05, 0.1) is 5.56 Å². The maximum atomic E-state index is 12.5. The van der Waals surface area contributed by atoms with E-state index in [-0.39, 0.29) is 17.1 Å². The van der Waals surface area contributed by atoms with E-state index < -0.39 is 11.7 Å². The monoisotopic (exact) mass is 282 g/mol. The lowest BCUT2D eigenvalue weighted by Gasteiger charge is -2.10. The number of rotatable bonds is 4. The highest BCUT2D eigenvalue weighted by molar-refractivity contribution is 6.11. The average molecular weight is 282 g/mol. The first-order valence-electron chi connectivity index (χ1n) is 6.29. The number of hydrogen-bond donors (Lipinski definition) is 1. The second-order valence-corrected chi connectivity index (χ2v) is 4.53. The second kappa shape index (κ2) is 6.05. The van der Waals surface area contributed by atoms with Crippen LogP contribution in [0.1, 0.15) is 21.5 Å². The molecular weight excluding hydrogens is 268 g/mol. The Kier molecular flexibility index (Phi) is 4.18. The summed E-state index contributed by atoms with van der Waals surface area (Å²) in [5.41, 5.74) is 1.56. The molecule has 0 heterocycles. The Balaban J connectivity index is 2.42. The van der Waals surface area contributed by atoms with E-state index in [0.717, 1.165) is 5.56 Å². The van der Waals surface area contributed by atoms with Crippen molar-refractivity contribution in [1.29, 1.82) is 0 Å². The third kappa shape index (κ3) is 3.36. The van der Waals surface area contributed by atoms with Crippen molar-refractivity contribution in [2.75, 3.05) is 0 Å². The van der Waals surface area contributed by atoms with Crippen molar-refractivity contribution in [1.82, 2.24) is 0 Å². The number of ketones is 1. The molecule has 21 heavy (non-hydrogen) atoms. The van der Waals surface area contributed by atoms with E-state index >= 15 is 0 Å². The maximum Gasteiger partial charge on any atom is 0.378 e. The molecule has 0 aliphatic heterocycles. The van der Waals surface area contributed by atoms with Gasteiger partial charge >= 0.3 is 5.97 Å². The highest BCUT2D eigenvalue weighted by atomic mass is 16.5. The molecule has 0 aliphatic rings. The summed E-state index contributed by atoms with van der Waals surface area (Å²) in [6.45, 7) is 4.91. The minimum absolute atomic E-state index is 0.101. The van der Waals surface area contributed by atoms with Crippen LogP contribution in [0, 0.1) is 6.92 Å². The zero-order valence-corrected chi connectivity index (χ0v) is 11.5. The molecule has 0 bridgehead atoms. The molecule has 0 atom stereocenters. The predicted molar refractivity (Wildman–Crippen MR) is 78.5 cm³/mol. The number of hydrogen-bond acceptors (Lipinski definition) is 4. The van der Waals surface area contributed by atoms with Gasteiger partial charge in [-0.15, -0.1) is 0 Å². The van der Waals surface area contributed by atoms with Crippen molar-refractivity contribution >= 4 is 11.8 Å². The number of aryl methyl sites for hydroxylation is 1. The summed E-state index contributed by atoms with van der Waals surface area (Å²) in [6.07, 6.45) is 0. The third-order valence-corrected chi connectivity index (χ3v) is 2.86. The van der Waals surface area contributed by atoms with Crippen LogP contribution in [-0.2, 0) is 4.79 Å². The quantitative estimate of drug-likeness (QED) is 0.307. The Morgan fingerprint density at radius 3 is 2.38 bits per heavy atom. The Bertz CT molecular complexity index is 702. The number of carbonyl (C=O) groups is 2. The lowest BCUT2D eigenvalue weighted by atomic mass is 10.0. The maximum absolute atomic E-state index is 12.5. The van der Waals surface area contributed by atoms with Gasteiger partial charge in [-0.2, -0.15) is 0 Å². The van der Waals surface area contributed by atoms with Gasteiger partial charge in [-0.1, -0.05) is 36.4 Å². The van der Waals surface area contributed by atoms with Crippen molar-refractivity contribution in [3.63, 3.8) is 0 Å². The summed E-state index contributed by atoms with van der Waals surface area (Å²) < 4.78 is 5.02. The van der Waals surface area contributed by atoms with Gasteiger partial charge in [0.25, 0.3) is 0 Å². The molecule has 4 nitrogen and oxygen atoms in total. The van der Waals surface area contributed by atoms with Crippen LogP contribution >= 0.6 is 0 Å². The summed E-state index contributed by atoms with van der Waals surface area (Å²) in [7, 11) is 0. The van der Waals surface area contributed by atoms with E-state index in [9.17, 15) is 9.59 Å². The Hall–Kier alpha value is -2.88. The van der Waals surface area contributed by atoms with Crippen LogP contribution < -0.4 is 4.74 Å². The number of esters is 1. The van der Waals surface area contributed by atoms with Gasteiger partial charge in [-0.05, 0) is 31.2 Å². The van der Waals surface area contributed by atoms with Crippen LogP contribution in [0.5, 0.6) is 5.75 Å². The van der Waals surface area contributed by atoms with Crippen LogP contribution in [0.2, 0.25) is 0 Å². The number of ether oxygens (including phenoxy) is 1. The molecule has 2 aromatic carbocycles. The summed E-state index contributed by atoms with van der Waals surface area (Å²) in [5.74, 6) is -1.86. The van der Waals surface area contributed by atoms with Gasteiger partial charge in [0.1, 0.15) is 5.75 Å². The van der Waals surface area contributed by atoms with Crippen molar-refractivity contribution < 1.29 is 19.4 Å². The highest BCUT2D eigenvalue weighted by Gasteiger charge is 2.18. The van der Waals surface area contributed by atoms with Gasteiger partial charge in [-0.25, -0.2) is 4.79 Å². The van der Waals surface area contributed by atoms with Crippen molar-refractivity contribution in [2.24, 2.45) is 0 Å². The molecule has 0 saturated carbocycles. The molecule has 2 aromatic rings. The van der Waals surface area contributed by atoms with Crippen molar-refractivity contribution in [3.05, 3.63) is 77.6 Å². The van der Waals surface area contributed by atoms with E-state index in [1.165, 1.54) is 0 Å². The van der Waals surface area contributed by atoms with E-state index in [2.05, 4.69) is 6.58 Å². The molecule has 0 aromatic heterocycles. The van der Waals surface area contributed by atoms with Gasteiger partial charge in [0, 0.05) is 5.56 Å². The minimum atomic E-state index is -0.984. The molecule has 1 N–H and O–H groups in total. The smallest absolute Gasteiger partial charge is 0.378 e. The van der Waals surface area contributed by atoms with E-state index in [0.29, 0.717) is 5.56 Å². The summed E-state index contributed by atoms with van der Waals surface area (Å²) in [6, 6.07) is 13.6. The van der Waals surface area contributed by atoms with Crippen LogP contribution in [0.3, 0.4) is 0 Å². The molecule has 0 spiro atoms. The number of aliphatic hydroxyl groups is 1. The Labute approximate surface area is 122 Å². The zero-order chi connectivity index (χ0) is 15.4. The minimum Gasteiger partial charge on any atom is -0.502 e. The fourth-order valence-electron chi connectivity index (χ4n) is 1.81. The van der Waals surface area contributed by atoms with Gasteiger partial charge in [-0.3, -0.25) is 4.79 Å². The van der Waals surface area contributed by atoms with Crippen LogP contribution in [0.15, 0.2) is 60.9 Å². The summed E-state index contributed by atoms with van der Waals surface area (Å²) >= 11 is 0. The third-order valence-electron chi connectivity index (χ3n) is 2.86. The molecule has 0 saturated heterocycles. The standard InChI is InChI=1S/C17H14O4/c1-11-8-9-14(15(10-11)21-17(20)12(2)18)16(19)13-6-4-3-5-7-13/h3-10,18H,2H2,1H3. The van der Waals surface area contributed by atoms with Crippen molar-refractivity contribution in [3.8, 4) is 5.75 Å². The average Bonchev–Trinajstić information content (AvgIpc) is 2.47. The second-order valence-electron chi connectivity index (χ2n) is 4.53. The largest absolute Gasteiger partial charge is 0.502 e. The normalized spacial score (nSPS) is 9.95. The van der Waals surface area contributed by atoms with Crippen LogP contribution in [0.25, 0.3) is 0 Å². The lowest BCUT2D eigenvalue weighted by Crippen LogP contribution is -2.13. The predicted octanol–water partition coefficient (Wildman–Crippen LogP) is 3.20. The first-order valence-corrected chi connectivity index (χ1v) is 6.29.